The van der Waals surface area contributed by atoms with Crippen LogP contribution in [-0.2, 0) is 17.6 Å². The van der Waals surface area contributed by atoms with Crippen LogP contribution in [0, 0.1) is 12.8 Å². The molecule has 2 amide bonds. The van der Waals surface area contributed by atoms with Gasteiger partial charge in [0.15, 0.2) is 5.69 Å². The summed E-state index contributed by atoms with van der Waals surface area (Å²) in [5.74, 6) is 0.537. The fraction of sp³-hybridized carbons (Fsp3) is 0.500. The van der Waals surface area contributed by atoms with Crippen molar-refractivity contribution in [2.75, 3.05) is 26.2 Å². The maximum absolute atomic E-state index is 13.2. The fourth-order valence-corrected chi connectivity index (χ4v) is 4.38. The predicted molar refractivity (Wildman–Crippen MR) is 106 cm³/mol. The van der Waals surface area contributed by atoms with Gasteiger partial charge in [0.2, 0.25) is 5.91 Å². The number of carbonyl (C=O) groups excluding carboxylic acids is 2. The Balaban J connectivity index is 1.36. The molecule has 3 aliphatic rings. The Morgan fingerprint density at radius 1 is 0.964 bits per heavy atom. The molecular formula is C22H26N4O2. The molecule has 2 aliphatic carbocycles. The van der Waals surface area contributed by atoms with Crippen molar-refractivity contribution in [2.24, 2.45) is 5.92 Å². The minimum absolute atomic E-state index is 0.0162. The Hall–Kier alpha value is -2.63. The second-order valence-corrected chi connectivity index (χ2v) is 8.27. The Morgan fingerprint density at radius 2 is 1.64 bits per heavy atom. The van der Waals surface area contributed by atoms with Crippen molar-refractivity contribution in [2.45, 2.75) is 39.0 Å². The zero-order chi connectivity index (χ0) is 19.3. The molecule has 1 aromatic heterocycles. The van der Waals surface area contributed by atoms with Gasteiger partial charge < -0.3 is 9.80 Å². The predicted octanol–water partition coefficient (Wildman–Crippen LogP) is 2.36. The molecular weight excluding hydrogens is 352 g/mol. The standard InChI is InChI=1S/C22H26N4O2/c1-15-5-9-17(10-6-15)26-19-4-2-3-18(19)20(23-26)22(28)25-13-11-24(12-14-25)21(27)16-7-8-16/h5-6,9-10,16H,2-4,7-8,11-14H2,1H3. The van der Waals surface area contributed by atoms with Crippen LogP contribution in [0.4, 0.5) is 0 Å². The number of aromatic nitrogens is 2. The molecule has 6 heteroatoms. The number of aryl methyl sites for hydroxylation is 1. The number of amides is 2. The first-order valence-corrected chi connectivity index (χ1v) is 10.4. The minimum Gasteiger partial charge on any atom is -0.339 e. The van der Waals surface area contributed by atoms with E-state index in [0.717, 1.165) is 43.4 Å². The number of carbonyl (C=O) groups is 2. The van der Waals surface area contributed by atoms with Crippen molar-refractivity contribution in [3.63, 3.8) is 0 Å². The summed E-state index contributed by atoms with van der Waals surface area (Å²) in [5, 5.41) is 4.74. The molecule has 2 aromatic rings. The summed E-state index contributed by atoms with van der Waals surface area (Å²) in [7, 11) is 0. The molecule has 5 rings (SSSR count). The Kier molecular flexibility index (Phi) is 4.22. The van der Waals surface area contributed by atoms with Gasteiger partial charge in [-0.15, -0.1) is 0 Å². The Bertz CT molecular complexity index is 919. The van der Waals surface area contributed by atoms with Gasteiger partial charge >= 0.3 is 0 Å². The van der Waals surface area contributed by atoms with Crippen molar-refractivity contribution < 1.29 is 9.59 Å². The number of rotatable bonds is 3. The average molecular weight is 378 g/mol. The molecule has 0 spiro atoms. The summed E-state index contributed by atoms with van der Waals surface area (Å²) in [5.41, 5.74) is 5.12. The van der Waals surface area contributed by atoms with Gasteiger partial charge in [0, 0.05) is 43.4 Å². The summed E-state index contributed by atoms with van der Waals surface area (Å²) in [6, 6.07) is 8.29. The van der Waals surface area contributed by atoms with E-state index in [1.165, 1.54) is 11.3 Å². The molecule has 2 heterocycles. The largest absolute Gasteiger partial charge is 0.339 e. The van der Waals surface area contributed by atoms with E-state index in [0.29, 0.717) is 31.9 Å². The van der Waals surface area contributed by atoms with E-state index in [9.17, 15) is 9.59 Å². The summed E-state index contributed by atoms with van der Waals surface area (Å²) in [6.07, 6.45) is 5.01. The van der Waals surface area contributed by atoms with Crippen LogP contribution in [0.1, 0.15) is 46.6 Å². The highest BCUT2D eigenvalue weighted by molar-refractivity contribution is 5.94. The van der Waals surface area contributed by atoms with Crippen molar-refractivity contribution in [1.29, 1.82) is 0 Å². The number of hydrogen-bond acceptors (Lipinski definition) is 3. The van der Waals surface area contributed by atoms with Crippen molar-refractivity contribution in [1.82, 2.24) is 19.6 Å². The molecule has 0 radical (unpaired) electrons. The van der Waals surface area contributed by atoms with Crippen LogP contribution < -0.4 is 0 Å². The molecule has 146 valence electrons. The molecule has 0 unspecified atom stereocenters. The average Bonchev–Trinajstić information content (AvgIpc) is 3.35. The lowest BCUT2D eigenvalue weighted by Crippen LogP contribution is -2.51. The van der Waals surface area contributed by atoms with E-state index in [2.05, 4.69) is 31.2 Å². The normalized spacial score (nSPS) is 19.0. The molecule has 1 aromatic carbocycles. The summed E-state index contributed by atoms with van der Waals surface area (Å²) >= 11 is 0. The van der Waals surface area contributed by atoms with Crippen LogP contribution in [0.3, 0.4) is 0 Å². The monoisotopic (exact) mass is 378 g/mol. The summed E-state index contributed by atoms with van der Waals surface area (Å²) in [4.78, 5) is 29.3. The quantitative estimate of drug-likeness (QED) is 0.824. The third-order valence-electron chi connectivity index (χ3n) is 6.22. The Morgan fingerprint density at radius 3 is 2.32 bits per heavy atom. The SMILES string of the molecule is Cc1ccc(-n2nc(C(=O)N3CCN(C(=O)C4CC4)CC3)c3c2CCC3)cc1. The van der Waals surface area contributed by atoms with Crippen LogP contribution in [-0.4, -0.2) is 57.6 Å². The van der Waals surface area contributed by atoms with Crippen LogP contribution in [0.15, 0.2) is 24.3 Å². The van der Waals surface area contributed by atoms with Crippen molar-refractivity contribution in [3.8, 4) is 5.69 Å². The number of piperazine rings is 1. The molecule has 28 heavy (non-hydrogen) atoms. The maximum atomic E-state index is 13.2. The van der Waals surface area contributed by atoms with E-state index in [4.69, 9.17) is 5.10 Å². The lowest BCUT2D eigenvalue weighted by atomic mass is 10.1. The minimum atomic E-state index is 0.0162. The first kappa shape index (κ1) is 17.5. The third-order valence-corrected chi connectivity index (χ3v) is 6.22. The van der Waals surface area contributed by atoms with Gasteiger partial charge in [-0.05, 0) is 51.2 Å². The number of benzene rings is 1. The maximum Gasteiger partial charge on any atom is 0.274 e. The van der Waals surface area contributed by atoms with E-state index >= 15 is 0 Å². The van der Waals surface area contributed by atoms with Crippen molar-refractivity contribution in [3.05, 3.63) is 46.8 Å². The molecule has 1 saturated heterocycles. The summed E-state index contributed by atoms with van der Waals surface area (Å²) in [6.45, 7) is 4.55. The number of fused-ring (bicyclic) bond motifs is 1. The zero-order valence-electron chi connectivity index (χ0n) is 16.4. The van der Waals surface area contributed by atoms with Crippen LogP contribution in [0.5, 0.6) is 0 Å². The number of nitrogens with zero attached hydrogens (tertiary/aromatic N) is 4. The highest BCUT2D eigenvalue weighted by Gasteiger charge is 2.36. The van der Waals surface area contributed by atoms with Gasteiger partial charge in [-0.3, -0.25) is 9.59 Å². The first-order valence-electron chi connectivity index (χ1n) is 10.4. The molecule has 6 nitrogen and oxygen atoms in total. The molecule has 0 bridgehead atoms. The second-order valence-electron chi connectivity index (χ2n) is 8.27. The fourth-order valence-electron chi connectivity index (χ4n) is 4.38. The Labute approximate surface area is 165 Å². The van der Waals surface area contributed by atoms with Gasteiger partial charge in [0.05, 0.1) is 5.69 Å². The van der Waals surface area contributed by atoms with E-state index in [1.54, 1.807) is 0 Å². The topological polar surface area (TPSA) is 58.4 Å². The molecule has 0 N–H and O–H groups in total. The van der Waals surface area contributed by atoms with Gasteiger partial charge in [-0.1, -0.05) is 17.7 Å². The van der Waals surface area contributed by atoms with Gasteiger partial charge in [0.25, 0.3) is 5.91 Å². The third kappa shape index (κ3) is 3.01. The smallest absolute Gasteiger partial charge is 0.274 e. The van der Waals surface area contributed by atoms with Gasteiger partial charge in [0.1, 0.15) is 0 Å². The van der Waals surface area contributed by atoms with Crippen LogP contribution in [0.2, 0.25) is 0 Å². The van der Waals surface area contributed by atoms with E-state index in [1.807, 2.05) is 14.5 Å². The molecule has 2 fully saturated rings. The highest BCUT2D eigenvalue weighted by Crippen LogP contribution is 2.32. The zero-order valence-corrected chi connectivity index (χ0v) is 16.4. The lowest BCUT2D eigenvalue weighted by Gasteiger charge is -2.34. The molecule has 0 atom stereocenters. The van der Waals surface area contributed by atoms with Crippen LogP contribution >= 0.6 is 0 Å². The second kappa shape index (κ2) is 6.76. The van der Waals surface area contributed by atoms with Gasteiger partial charge in [-0.25, -0.2) is 4.68 Å². The summed E-state index contributed by atoms with van der Waals surface area (Å²) < 4.78 is 1.96. The van der Waals surface area contributed by atoms with Crippen LogP contribution in [0.25, 0.3) is 5.69 Å². The van der Waals surface area contributed by atoms with Crippen molar-refractivity contribution >= 4 is 11.8 Å². The first-order chi connectivity index (χ1) is 13.6. The highest BCUT2D eigenvalue weighted by atomic mass is 16.2. The number of hydrogen-bond donors (Lipinski definition) is 0. The molecule has 1 aliphatic heterocycles. The lowest BCUT2D eigenvalue weighted by molar-refractivity contribution is -0.134. The molecule has 1 saturated carbocycles. The van der Waals surface area contributed by atoms with Gasteiger partial charge in [-0.2, -0.15) is 5.10 Å². The van der Waals surface area contributed by atoms with E-state index in [-0.39, 0.29) is 17.7 Å². The van der Waals surface area contributed by atoms with E-state index < -0.39 is 0 Å².